The number of nitrogens with zero attached hydrogens (tertiary/aromatic N) is 5. The van der Waals surface area contributed by atoms with E-state index in [1.54, 1.807) is 6.33 Å². The van der Waals surface area contributed by atoms with Crippen LogP contribution in [0.15, 0.2) is 24.7 Å². The number of rotatable bonds is 4. The summed E-state index contributed by atoms with van der Waals surface area (Å²) >= 11 is 0. The molecule has 1 aliphatic heterocycles. The Labute approximate surface area is 124 Å². The molecule has 0 saturated carbocycles. The fourth-order valence-corrected chi connectivity index (χ4v) is 2.68. The maximum absolute atomic E-state index is 5.88. The van der Waals surface area contributed by atoms with Crippen LogP contribution in [0.5, 0.6) is 0 Å². The van der Waals surface area contributed by atoms with Gasteiger partial charge in [-0.05, 0) is 25.5 Å². The van der Waals surface area contributed by atoms with Crippen molar-refractivity contribution in [3.05, 3.63) is 41.7 Å². The van der Waals surface area contributed by atoms with Gasteiger partial charge in [-0.2, -0.15) is 0 Å². The molecule has 0 bridgehead atoms. The molecule has 3 rings (SSSR count). The predicted octanol–water partition coefficient (Wildman–Crippen LogP) is 1.57. The van der Waals surface area contributed by atoms with Gasteiger partial charge in [0.1, 0.15) is 12.4 Å². The molecule has 1 aliphatic rings. The third-order valence-corrected chi connectivity index (χ3v) is 3.94. The molecular formula is C15H21N5O. The fourth-order valence-electron chi connectivity index (χ4n) is 2.68. The summed E-state index contributed by atoms with van der Waals surface area (Å²) in [6.45, 7) is 8.41. The Hall–Kier alpha value is -1.79. The smallest absolute Gasteiger partial charge is 0.163 e. The summed E-state index contributed by atoms with van der Waals surface area (Å²) in [5.74, 6) is 0.921. The minimum Gasteiger partial charge on any atom is -0.368 e. The lowest BCUT2D eigenvalue weighted by Gasteiger charge is -2.32. The lowest BCUT2D eigenvalue weighted by atomic mass is 10.1. The SMILES string of the molecule is CCn1cnnc1[C@@H]1CN(Cc2cccnc2C)CCO1. The van der Waals surface area contributed by atoms with Crippen molar-refractivity contribution < 1.29 is 4.74 Å². The largest absolute Gasteiger partial charge is 0.368 e. The minimum absolute atomic E-state index is 0.00169. The first-order valence-corrected chi connectivity index (χ1v) is 7.40. The Morgan fingerprint density at radius 3 is 3.14 bits per heavy atom. The summed E-state index contributed by atoms with van der Waals surface area (Å²) < 4.78 is 7.93. The summed E-state index contributed by atoms with van der Waals surface area (Å²) in [5.41, 5.74) is 2.37. The van der Waals surface area contributed by atoms with Crippen molar-refractivity contribution in [3.8, 4) is 0 Å². The number of aromatic nitrogens is 4. The standard InChI is InChI=1S/C15H21N5O/c1-3-20-11-17-18-15(20)14-10-19(7-8-21-14)9-13-5-4-6-16-12(13)2/h4-6,11,14H,3,7-10H2,1-2H3/t14-/m0/s1. The number of morpholine rings is 1. The Kier molecular flexibility index (Phi) is 4.26. The molecule has 0 aliphatic carbocycles. The van der Waals surface area contributed by atoms with E-state index in [0.29, 0.717) is 0 Å². The molecule has 3 heterocycles. The molecule has 1 atom stereocenters. The zero-order valence-electron chi connectivity index (χ0n) is 12.6. The van der Waals surface area contributed by atoms with E-state index in [-0.39, 0.29) is 6.10 Å². The second-order valence-electron chi connectivity index (χ2n) is 5.32. The van der Waals surface area contributed by atoms with E-state index in [4.69, 9.17) is 4.74 Å². The normalized spacial score (nSPS) is 19.8. The topological polar surface area (TPSA) is 56.1 Å². The first-order valence-electron chi connectivity index (χ1n) is 7.40. The van der Waals surface area contributed by atoms with Gasteiger partial charge in [0.25, 0.3) is 0 Å². The number of hydrogen-bond donors (Lipinski definition) is 0. The second-order valence-corrected chi connectivity index (χ2v) is 5.32. The third kappa shape index (κ3) is 3.11. The summed E-state index contributed by atoms with van der Waals surface area (Å²) in [6.07, 6.45) is 3.60. The Morgan fingerprint density at radius 1 is 1.43 bits per heavy atom. The van der Waals surface area contributed by atoms with Crippen LogP contribution >= 0.6 is 0 Å². The minimum atomic E-state index is -0.00169. The van der Waals surface area contributed by atoms with Gasteiger partial charge in [0.05, 0.1) is 6.61 Å². The first-order chi connectivity index (χ1) is 10.3. The van der Waals surface area contributed by atoms with E-state index in [1.807, 2.05) is 16.8 Å². The van der Waals surface area contributed by atoms with Crippen molar-refractivity contribution in [2.45, 2.75) is 33.0 Å². The highest BCUT2D eigenvalue weighted by Gasteiger charge is 2.26. The molecule has 0 N–H and O–H groups in total. The molecule has 6 heteroatoms. The van der Waals surface area contributed by atoms with Gasteiger partial charge in [-0.1, -0.05) is 6.07 Å². The van der Waals surface area contributed by atoms with Crippen LogP contribution in [0.2, 0.25) is 0 Å². The molecular weight excluding hydrogens is 266 g/mol. The Balaban J connectivity index is 1.70. The number of pyridine rings is 1. The predicted molar refractivity (Wildman–Crippen MR) is 78.6 cm³/mol. The Bertz CT molecular complexity index is 597. The van der Waals surface area contributed by atoms with E-state index in [1.165, 1.54) is 5.56 Å². The summed E-state index contributed by atoms with van der Waals surface area (Å²) in [6, 6.07) is 4.13. The summed E-state index contributed by atoms with van der Waals surface area (Å²) in [4.78, 5) is 6.75. The summed E-state index contributed by atoms with van der Waals surface area (Å²) in [7, 11) is 0. The summed E-state index contributed by atoms with van der Waals surface area (Å²) in [5, 5.41) is 8.21. The van der Waals surface area contributed by atoms with Gasteiger partial charge >= 0.3 is 0 Å². The number of aryl methyl sites for hydroxylation is 2. The first kappa shape index (κ1) is 14.2. The molecule has 2 aromatic heterocycles. The van der Waals surface area contributed by atoms with E-state index in [0.717, 1.165) is 44.3 Å². The van der Waals surface area contributed by atoms with Crippen LogP contribution in [0.1, 0.15) is 30.1 Å². The molecule has 1 saturated heterocycles. The molecule has 6 nitrogen and oxygen atoms in total. The molecule has 0 amide bonds. The van der Waals surface area contributed by atoms with Gasteiger partial charge in [-0.3, -0.25) is 9.88 Å². The van der Waals surface area contributed by atoms with Crippen molar-refractivity contribution in [3.63, 3.8) is 0 Å². The van der Waals surface area contributed by atoms with E-state index in [2.05, 4.69) is 40.0 Å². The molecule has 1 fully saturated rings. The maximum atomic E-state index is 5.88. The molecule has 2 aromatic rings. The molecule has 0 radical (unpaired) electrons. The highest BCUT2D eigenvalue weighted by atomic mass is 16.5. The quantitative estimate of drug-likeness (QED) is 0.854. The van der Waals surface area contributed by atoms with E-state index in [9.17, 15) is 0 Å². The second kappa shape index (κ2) is 6.32. The van der Waals surface area contributed by atoms with Crippen molar-refractivity contribution >= 4 is 0 Å². The van der Waals surface area contributed by atoms with Crippen molar-refractivity contribution in [2.24, 2.45) is 0 Å². The van der Waals surface area contributed by atoms with Crippen LogP contribution in [-0.2, 0) is 17.8 Å². The maximum Gasteiger partial charge on any atom is 0.163 e. The molecule has 0 aromatic carbocycles. The van der Waals surface area contributed by atoms with Gasteiger partial charge in [0.15, 0.2) is 5.82 Å². The number of ether oxygens (including phenoxy) is 1. The van der Waals surface area contributed by atoms with Crippen LogP contribution in [0.4, 0.5) is 0 Å². The fraction of sp³-hybridized carbons (Fsp3) is 0.533. The number of hydrogen-bond acceptors (Lipinski definition) is 5. The van der Waals surface area contributed by atoms with Crippen LogP contribution in [0, 0.1) is 6.92 Å². The average Bonchev–Trinajstić information content (AvgIpc) is 2.98. The van der Waals surface area contributed by atoms with Gasteiger partial charge in [0, 0.05) is 38.1 Å². The van der Waals surface area contributed by atoms with Crippen LogP contribution < -0.4 is 0 Å². The van der Waals surface area contributed by atoms with Crippen LogP contribution in [0.3, 0.4) is 0 Å². The lowest BCUT2D eigenvalue weighted by molar-refractivity contribution is -0.0389. The molecule has 21 heavy (non-hydrogen) atoms. The third-order valence-electron chi connectivity index (χ3n) is 3.94. The zero-order chi connectivity index (χ0) is 14.7. The Morgan fingerprint density at radius 2 is 2.33 bits per heavy atom. The van der Waals surface area contributed by atoms with E-state index >= 15 is 0 Å². The highest BCUT2D eigenvalue weighted by Crippen LogP contribution is 2.22. The van der Waals surface area contributed by atoms with Gasteiger partial charge in [-0.25, -0.2) is 0 Å². The molecule has 0 spiro atoms. The van der Waals surface area contributed by atoms with Gasteiger partial charge in [-0.15, -0.1) is 10.2 Å². The molecule has 0 unspecified atom stereocenters. The van der Waals surface area contributed by atoms with Gasteiger partial charge < -0.3 is 9.30 Å². The van der Waals surface area contributed by atoms with Crippen molar-refractivity contribution in [1.82, 2.24) is 24.6 Å². The van der Waals surface area contributed by atoms with E-state index < -0.39 is 0 Å². The highest BCUT2D eigenvalue weighted by molar-refractivity contribution is 5.18. The van der Waals surface area contributed by atoms with Crippen molar-refractivity contribution in [1.29, 1.82) is 0 Å². The average molecular weight is 287 g/mol. The van der Waals surface area contributed by atoms with Crippen LogP contribution in [0.25, 0.3) is 0 Å². The molecule has 112 valence electrons. The van der Waals surface area contributed by atoms with Crippen LogP contribution in [-0.4, -0.2) is 44.3 Å². The zero-order valence-corrected chi connectivity index (χ0v) is 12.6. The van der Waals surface area contributed by atoms with Crippen molar-refractivity contribution in [2.75, 3.05) is 19.7 Å². The van der Waals surface area contributed by atoms with Gasteiger partial charge in [0.2, 0.25) is 0 Å². The lowest BCUT2D eigenvalue weighted by Crippen LogP contribution is -2.38. The monoisotopic (exact) mass is 287 g/mol.